The molecule has 0 saturated heterocycles. The fourth-order valence-electron chi connectivity index (χ4n) is 3.81. The van der Waals surface area contributed by atoms with E-state index in [0.717, 1.165) is 34.5 Å². The number of imidazole rings is 1. The van der Waals surface area contributed by atoms with E-state index in [4.69, 9.17) is 0 Å². The van der Waals surface area contributed by atoms with Crippen LogP contribution in [0.5, 0.6) is 0 Å². The maximum Gasteiger partial charge on any atom is 0.134 e. The molecule has 0 bridgehead atoms. The van der Waals surface area contributed by atoms with Crippen LogP contribution in [0.2, 0.25) is 0 Å². The lowest BCUT2D eigenvalue weighted by Gasteiger charge is -2.34. The maximum atomic E-state index is 4.67. The van der Waals surface area contributed by atoms with E-state index < -0.39 is 0 Å². The molecule has 2 aromatic heterocycles. The molecule has 5 heteroatoms. The van der Waals surface area contributed by atoms with Crippen LogP contribution in [0.15, 0.2) is 90.6 Å². The van der Waals surface area contributed by atoms with E-state index in [-0.39, 0.29) is 6.04 Å². The Hall–Kier alpha value is -3.73. The van der Waals surface area contributed by atoms with E-state index >= 15 is 0 Å². The largest absolute Gasteiger partial charge is 0.344 e. The van der Waals surface area contributed by atoms with E-state index in [2.05, 4.69) is 73.8 Å². The molecular formula is C24H21N5. The third-order valence-corrected chi connectivity index (χ3v) is 5.43. The van der Waals surface area contributed by atoms with Gasteiger partial charge in [0.1, 0.15) is 12.1 Å². The minimum atomic E-state index is 0.225. The summed E-state index contributed by atoms with van der Waals surface area (Å²) >= 11 is 0. The van der Waals surface area contributed by atoms with Gasteiger partial charge in [-0.25, -0.2) is 4.98 Å². The molecule has 5 nitrogen and oxygen atoms in total. The van der Waals surface area contributed by atoms with Gasteiger partial charge in [0, 0.05) is 18.6 Å². The molecule has 0 spiro atoms. The first-order valence-corrected chi connectivity index (χ1v) is 9.72. The zero-order valence-electron chi connectivity index (χ0n) is 16.2. The van der Waals surface area contributed by atoms with Crippen molar-refractivity contribution in [1.29, 1.82) is 0 Å². The van der Waals surface area contributed by atoms with Gasteiger partial charge in [-0.05, 0) is 47.9 Å². The van der Waals surface area contributed by atoms with Gasteiger partial charge in [0.15, 0.2) is 0 Å². The van der Waals surface area contributed by atoms with Crippen molar-refractivity contribution >= 4 is 23.1 Å². The van der Waals surface area contributed by atoms with Crippen LogP contribution in [0.1, 0.15) is 18.5 Å². The van der Waals surface area contributed by atoms with E-state index in [9.17, 15) is 0 Å². The summed E-state index contributed by atoms with van der Waals surface area (Å²) in [5.74, 6) is 1.03. The van der Waals surface area contributed by atoms with Crippen molar-refractivity contribution in [1.82, 2.24) is 19.4 Å². The number of aromatic nitrogens is 3. The minimum absolute atomic E-state index is 0.225. The lowest BCUT2D eigenvalue weighted by Crippen LogP contribution is -2.31. The summed E-state index contributed by atoms with van der Waals surface area (Å²) in [6, 6.07) is 21.2. The predicted molar refractivity (Wildman–Crippen MR) is 117 cm³/mol. The Morgan fingerprint density at radius 1 is 0.931 bits per heavy atom. The molecule has 1 atom stereocenters. The van der Waals surface area contributed by atoms with Crippen molar-refractivity contribution in [3.8, 4) is 11.1 Å². The van der Waals surface area contributed by atoms with Gasteiger partial charge in [-0.1, -0.05) is 36.4 Å². The first-order valence-electron chi connectivity index (χ1n) is 9.72. The van der Waals surface area contributed by atoms with E-state index in [1.54, 1.807) is 0 Å². The Morgan fingerprint density at radius 2 is 1.76 bits per heavy atom. The molecule has 5 rings (SSSR count). The molecule has 142 valence electrons. The Bertz CT molecular complexity index is 1190. The number of fused-ring (bicyclic) bond motifs is 1. The SMILES string of the molecule is C[C@@H](c1ccccc1)N1CC=NC=C1n1cnc2cc(-c3ccncc3)ccc21. The summed E-state index contributed by atoms with van der Waals surface area (Å²) in [6.45, 7) is 2.99. The summed E-state index contributed by atoms with van der Waals surface area (Å²) < 4.78 is 2.13. The predicted octanol–water partition coefficient (Wildman–Crippen LogP) is 5.00. The highest BCUT2D eigenvalue weighted by molar-refractivity contribution is 5.85. The molecule has 0 radical (unpaired) electrons. The molecular weight excluding hydrogens is 358 g/mol. The lowest BCUT2D eigenvalue weighted by molar-refractivity contribution is 0.341. The van der Waals surface area contributed by atoms with Crippen LogP contribution in [-0.2, 0) is 0 Å². The number of benzene rings is 2. The standard InChI is InChI=1S/C24H21N5/c1-18(19-5-3-2-4-6-19)28-14-13-26-16-24(28)29-17-27-22-15-21(7-8-23(22)29)20-9-11-25-12-10-20/h2-13,15-18H,14H2,1H3/t18-/m0/s1. The van der Waals surface area contributed by atoms with Crippen molar-refractivity contribution < 1.29 is 0 Å². The van der Waals surface area contributed by atoms with Crippen LogP contribution >= 0.6 is 0 Å². The number of aliphatic imine (C=N–C) groups is 1. The molecule has 0 saturated carbocycles. The first kappa shape index (κ1) is 17.4. The fraction of sp³-hybridized carbons (Fsp3) is 0.125. The normalized spacial score (nSPS) is 14.8. The Balaban J connectivity index is 1.53. The van der Waals surface area contributed by atoms with Gasteiger partial charge in [-0.15, -0.1) is 0 Å². The molecule has 2 aromatic carbocycles. The van der Waals surface area contributed by atoms with Crippen LogP contribution < -0.4 is 0 Å². The van der Waals surface area contributed by atoms with Crippen molar-refractivity contribution in [2.45, 2.75) is 13.0 Å². The van der Waals surface area contributed by atoms with Crippen molar-refractivity contribution in [3.05, 3.63) is 91.1 Å². The van der Waals surface area contributed by atoms with Crippen LogP contribution in [0.3, 0.4) is 0 Å². The van der Waals surface area contributed by atoms with E-state index in [0.29, 0.717) is 0 Å². The summed E-state index contributed by atoms with van der Waals surface area (Å²) in [5, 5.41) is 0. The van der Waals surface area contributed by atoms with Gasteiger partial charge in [0.25, 0.3) is 0 Å². The van der Waals surface area contributed by atoms with Gasteiger partial charge in [-0.2, -0.15) is 0 Å². The zero-order valence-corrected chi connectivity index (χ0v) is 16.2. The Kier molecular flexibility index (Phi) is 4.41. The number of rotatable bonds is 4. The van der Waals surface area contributed by atoms with Gasteiger partial charge >= 0.3 is 0 Å². The monoisotopic (exact) mass is 379 g/mol. The first-order chi connectivity index (χ1) is 14.3. The third kappa shape index (κ3) is 3.21. The highest BCUT2D eigenvalue weighted by Crippen LogP contribution is 2.31. The Morgan fingerprint density at radius 3 is 2.59 bits per heavy atom. The van der Waals surface area contributed by atoms with Gasteiger partial charge in [-0.3, -0.25) is 14.5 Å². The molecule has 1 aliphatic heterocycles. The average molecular weight is 379 g/mol. The van der Waals surface area contributed by atoms with Crippen molar-refractivity contribution in [2.75, 3.05) is 6.54 Å². The third-order valence-electron chi connectivity index (χ3n) is 5.43. The number of hydrogen-bond acceptors (Lipinski definition) is 4. The summed E-state index contributed by atoms with van der Waals surface area (Å²) in [7, 11) is 0. The van der Waals surface area contributed by atoms with E-state index in [1.165, 1.54) is 5.56 Å². The molecule has 0 fully saturated rings. The quantitative estimate of drug-likeness (QED) is 0.501. The smallest absolute Gasteiger partial charge is 0.134 e. The van der Waals surface area contributed by atoms with Gasteiger partial charge in [0.05, 0.1) is 29.8 Å². The summed E-state index contributed by atoms with van der Waals surface area (Å²) in [4.78, 5) is 15.6. The van der Waals surface area contributed by atoms with Crippen molar-refractivity contribution in [2.24, 2.45) is 4.99 Å². The average Bonchev–Trinajstić information content (AvgIpc) is 3.23. The molecule has 1 aliphatic rings. The highest BCUT2D eigenvalue weighted by Gasteiger charge is 2.22. The molecule has 29 heavy (non-hydrogen) atoms. The molecule has 0 unspecified atom stereocenters. The Labute approximate surface area is 169 Å². The second-order valence-corrected chi connectivity index (χ2v) is 7.11. The molecule has 4 aromatic rings. The molecule has 0 aliphatic carbocycles. The number of hydrogen-bond donors (Lipinski definition) is 0. The number of pyridine rings is 1. The lowest BCUT2D eigenvalue weighted by atomic mass is 10.1. The summed E-state index contributed by atoms with van der Waals surface area (Å²) in [5.41, 5.74) is 5.57. The number of nitrogens with zero attached hydrogens (tertiary/aromatic N) is 5. The maximum absolute atomic E-state index is 4.67. The summed E-state index contributed by atoms with van der Waals surface area (Å²) in [6.07, 6.45) is 9.38. The molecule has 0 N–H and O–H groups in total. The van der Waals surface area contributed by atoms with Crippen LogP contribution in [0.25, 0.3) is 28.0 Å². The van der Waals surface area contributed by atoms with Crippen LogP contribution in [-0.4, -0.2) is 32.2 Å². The minimum Gasteiger partial charge on any atom is -0.344 e. The fourth-order valence-corrected chi connectivity index (χ4v) is 3.81. The topological polar surface area (TPSA) is 46.3 Å². The van der Waals surface area contributed by atoms with Crippen LogP contribution in [0.4, 0.5) is 0 Å². The second-order valence-electron chi connectivity index (χ2n) is 7.11. The zero-order chi connectivity index (χ0) is 19.6. The van der Waals surface area contributed by atoms with E-state index in [1.807, 2.05) is 49.3 Å². The molecule has 0 amide bonds. The van der Waals surface area contributed by atoms with Gasteiger partial charge < -0.3 is 4.90 Å². The van der Waals surface area contributed by atoms with Gasteiger partial charge in [0.2, 0.25) is 0 Å². The molecule has 3 heterocycles. The van der Waals surface area contributed by atoms with Crippen LogP contribution in [0, 0.1) is 0 Å². The highest BCUT2D eigenvalue weighted by atomic mass is 15.3. The second kappa shape index (κ2) is 7.36. The van der Waals surface area contributed by atoms with Crippen molar-refractivity contribution in [3.63, 3.8) is 0 Å².